The number of benzene rings is 1. The number of cyclic esters (lactones) is 1. The minimum absolute atomic E-state index is 0.500. The maximum Gasteiger partial charge on any atom is 0.332 e. The van der Waals surface area contributed by atoms with Crippen molar-refractivity contribution in [2.45, 2.75) is 37.8 Å². The van der Waals surface area contributed by atoms with Gasteiger partial charge >= 0.3 is 5.97 Å². The summed E-state index contributed by atoms with van der Waals surface area (Å²) in [6.07, 6.45) is 5.47. The van der Waals surface area contributed by atoms with Gasteiger partial charge in [0.05, 0.1) is 29.0 Å². The molecule has 1 saturated carbocycles. The van der Waals surface area contributed by atoms with E-state index in [-0.39, 0.29) is 0 Å². The smallest absolute Gasteiger partial charge is 0.332 e. The van der Waals surface area contributed by atoms with Crippen molar-refractivity contribution < 1.29 is 18.3 Å². The molecule has 2 aliphatic rings. The Bertz CT molecular complexity index is 1340. The molecule has 2 fully saturated rings. The summed E-state index contributed by atoms with van der Waals surface area (Å²) < 4.78 is 36.3. The molecule has 5 rings (SSSR count). The van der Waals surface area contributed by atoms with Gasteiger partial charge in [0.1, 0.15) is 16.6 Å². The molecule has 36 heavy (non-hydrogen) atoms. The van der Waals surface area contributed by atoms with Gasteiger partial charge in [-0.25, -0.2) is 13.6 Å². The van der Waals surface area contributed by atoms with Crippen molar-refractivity contribution in [1.82, 2.24) is 9.97 Å². The minimum Gasteiger partial charge on any atom is -0.460 e. The number of carbonyl (C=O) groups excluding carboxylic acids is 1. The number of hydrogen-bond donors (Lipinski definition) is 1. The molecule has 1 aliphatic carbocycles. The monoisotopic (exact) mass is 506 g/mol. The van der Waals surface area contributed by atoms with Gasteiger partial charge in [-0.15, -0.1) is 11.3 Å². The average molecular weight is 507 g/mol. The van der Waals surface area contributed by atoms with E-state index in [0.717, 1.165) is 11.1 Å². The second kappa shape index (κ2) is 9.10. The maximum atomic E-state index is 15.4. The molecule has 0 spiro atoms. The van der Waals surface area contributed by atoms with Crippen LogP contribution in [0.5, 0.6) is 0 Å². The third-order valence-corrected chi connectivity index (χ3v) is 8.01. The third kappa shape index (κ3) is 4.05. The van der Waals surface area contributed by atoms with Crippen LogP contribution < -0.4 is 5.32 Å². The summed E-state index contributed by atoms with van der Waals surface area (Å²) in [6.45, 7) is 3.28. The van der Waals surface area contributed by atoms with Crippen molar-refractivity contribution in [2.75, 3.05) is 5.32 Å². The van der Waals surface area contributed by atoms with Crippen LogP contribution in [0.2, 0.25) is 0 Å². The molecule has 6 nitrogen and oxygen atoms in total. The Morgan fingerprint density at radius 1 is 1.22 bits per heavy atom. The Morgan fingerprint density at radius 2 is 2.03 bits per heavy atom. The van der Waals surface area contributed by atoms with Gasteiger partial charge in [-0.3, -0.25) is 9.97 Å². The first-order valence-corrected chi connectivity index (χ1v) is 12.5. The summed E-state index contributed by atoms with van der Waals surface area (Å²) in [5, 5.41) is 13.0. The van der Waals surface area contributed by atoms with Crippen molar-refractivity contribution in [3.05, 3.63) is 71.6 Å². The summed E-state index contributed by atoms with van der Waals surface area (Å²) in [7, 11) is 0. The van der Waals surface area contributed by atoms with Gasteiger partial charge < -0.3 is 10.1 Å². The average Bonchev–Trinajstić information content (AvgIpc) is 3.45. The SMILES string of the molecule is C[C@H]1OC(=O)[C@]2(Nc3cncs3)CC(F)(F)[C@@H](C)[C@H](/C=C/c3ccc(-c4ccccc4C#N)cn3)[C@H]12. The fourth-order valence-corrected chi connectivity index (χ4v) is 6.11. The molecule has 184 valence electrons. The van der Waals surface area contributed by atoms with Crippen LogP contribution in [0.4, 0.5) is 13.8 Å². The number of nitrogens with zero attached hydrogens (tertiary/aromatic N) is 3. The number of esters is 1. The topological polar surface area (TPSA) is 87.9 Å². The molecule has 1 aromatic carbocycles. The van der Waals surface area contributed by atoms with Gasteiger partial charge in [-0.05, 0) is 31.1 Å². The van der Waals surface area contributed by atoms with E-state index >= 15 is 8.78 Å². The standard InChI is InChI=1S/C27H24F2N4O2S/c1-16-21(10-9-20-8-7-19(12-32-20)22-6-4-3-5-18(22)11-30)24-17(2)35-25(34)26(24,14-27(16,28)29)33-23-13-31-15-36-23/h3-10,12-13,15-17,21,24,33H,14H2,1-2H3/b10-9+/t16-,17+,21-,24-,26-/m0/s1. The molecular weight excluding hydrogens is 482 g/mol. The number of ether oxygens (including phenoxy) is 1. The number of nitriles is 1. The molecule has 2 aromatic heterocycles. The number of fused-ring (bicyclic) bond motifs is 1. The lowest BCUT2D eigenvalue weighted by Crippen LogP contribution is -2.61. The molecule has 1 aliphatic heterocycles. The molecule has 1 N–H and O–H groups in total. The molecule has 0 amide bonds. The molecular formula is C27H24F2N4O2S. The first-order valence-electron chi connectivity index (χ1n) is 11.6. The van der Waals surface area contributed by atoms with E-state index in [0.29, 0.717) is 16.3 Å². The zero-order valence-corrected chi connectivity index (χ0v) is 20.5. The highest BCUT2D eigenvalue weighted by atomic mass is 32.1. The Hall–Kier alpha value is -3.64. The Balaban J connectivity index is 1.47. The number of carbonyl (C=O) groups is 1. The number of aromatic nitrogens is 2. The molecule has 5 atom stereocenters. The largest absolute Gasteiger partial charge is 0.460 e. The predicted octanol–water partition coefficient (Wildman–Crippen LogP) is 5.79. The number of hydrogen-bond acceptors (Lipinski definition) is 7. The Labute approximate surface area is 211 Å². The summed E-state index contributed by atoms with van der Waals surface area (Å²) in [5.41, 5.74) is 2.74. The van der Waals surface area contributed by atoms with Crippen LogP contribution in [-0.4, -0.2) is 33.5 Å². The van der Waals surface area contributed by atoms with E-state index in [1.54, 1.807) is 49.0 Å². The normalized spacial score (nSPS) is 28.9. The van der Waals surface area contributed by atoms with E-state index in [4.69, 9.17) is 4.74 Å². The maximum absolute atomic E-state index is 15.4. The lowest BCUT2D eigenvalue weighted by Gasteiger charge is -2.48. The first-order chi connectivity index (χ1) is 17.2. The van der Waals surface area contributed by atoms with Crippen LogP contribution >= 0.6 is 11.3 Å². The van der Waals surface area contributed by atoms with Crippen LogP contribution in [-0.2, 0) is 9.53 Å². The van der Waals surface area contributed by atoms with E-state index in [2.05, 4.69) is 21.4 Å². The highest BCUT2D eigenvalue weighted by Gasteiger charge is 2.68. The number of alkyl halides is 2. The van der Waals surface area contributed by atoms with E-state index < -0.39 is 47.7 Å². The Morgan fingerprint density at radius 3 is 2.72 bits per heavy atom. The molecule has 0 bridgehead atoms. The summed E-state index contributed by atoms with van der Waals surface area (Å²) in [5.74, 6) is -5.90. The second-order valence-corrected chi connectivity index (χ2v) is 10.3. The van der Waals surface area contributed by atoms with Crippen LogP contribution in [0.1, 0.15) is 31.5 Å². The zero-order chi connectivity index (χ0) is 25.5. The molecule has 9 heteroatoms. The van der Waals surface area contributed by atoms with Crippen molar-refractivity contribution in [3.8, 4) is 17.2 Å². The summed E-state index contributed by atoms with van der Waals surface area (Å²) in [4.78, 5) is 21.5. The number of anilines is 1. The summed E-state index contributed by atoms with van der Waals surface area (Å²) in [6, 6.07) is 13.1. The van der Waals surface area contributed by atoms with Gasteiger partial charge in [-0.2, -0.15) is 5.26 Å². The van der Waals surface area contributed by atoms with Crippen LogP contribution in [0.25, 0.3) is 17.2 Å². The van der Waals surface area contributed by atoms with Gasteiger partial charge in [0.15, 0.2) is 0 Å². The number of pyridine rings is 1. The summed E-state index contributed by atoms with van der Waals surface area (Å²) >= 11 is 1.25. The van der Waals surface area contributed by atoms with Crippen molar-refractivity contribution >= 4 is 28.4 Å². The second-order valence-electron chi connectivity index (χ2n) is 9.39. The van der Waals surface area contributed by atoms with Crippen LogP contribution in [0.15, 0.2) is 60.4 Å². The Kier molecular flexibility index (Phi) is 6.08. The van der Waals surface area contributed by atoms with Gasteiger partial charge in [-0.1, -0.05) is 37.3 Å². The molecule has 3 heterocycles. The fraction of sp³-hybridized carbons (Fsp3) is 0.333. The van der Waals surface area contributed by atoms with Crippen molar-refractivity contribution in [2.24, 2.45) is 17.8 Å². The van der Waals surface area contributed by atoms with E-state index in [9.17, 15) is 10.1 Å². The molecule has 0 unspecified atom stereocenters. The van der Waals surface area contributed by atoms with Gasteiger partial charge in [0.25, 0.3) is 5.92 Å². The fourth-order valence-electron chi connectivity index (χ4n) is 5.51. The van der Waals surface area contributed by atoms with Gasteiger partial charge in [0.2, 0.25) is 0 Å². The lowest BCUT2D eigenvalue weighted by molar-refractivity contribution is -0.153. The molecule has 1 saturated heterocycles. The van der Waals surface area contributed by atoms with Crippen LogP contribution in [0.3, 0.4) is 0 Å². The predicted molar refractivity (Wildman–Crippen MR) is 133 cm³/mol. The number of thiazole rings is 1. The number of nitrogens with one attached hydrogen (secondary N) is 1. The molecule has 3 aromatic rings. The first kappa shape index (κ1) is 24.1. The highest BCUT2D eigenvalue weighted by Crippen LogP contribution is 2.56. The number of allylic oxidation sites excluding steroid dienone is 1. The quantitative estimate of drug-likeness (QED) is 0.441. The highest BCUT2D eigenvalue weighted by molar-refractivity contribution is 7.13. The third-order valence-electron chi connectivity index (χ3n) is 7.32. The van der Waals surface area contributed by atoms with Crippen LogP contribution in [0, 0.1) is 29.1 Å². The number of rotatable bonds is 5. The minimum atomic E-state index is -3.09. The zero-order valence-electron chi connectivity index (χ0n) is 19.7. The van der Waals surface area contributed by atoms with Gasteiger partial charge in [0, 0.05) is 35.6 Å². The van der Waals surface area contributed by atoms with Crippen molar-refractivity contribution in [1.29, 1.82) is 5.26 Å². The van der Waals surface area contributed by atoms with E-state index in [1.807, 2.05) is 18.2 Å². The van der Waals surface area contributed by atoms with Crippen molar-refractivity contribution in [3.63, 3.8) is 0 Å². The van der Waals surface area contributed by atoms with E-state index in [1.165, 1.54) is 24.5 Å². The number of halogens is 2. The lowest BCUT2D eigenvalue weighted by atomic mass is 9.60. The molecule has 0 radical (unpaired) electrons.